The number of phenolic OH excluding ortho intramolecular Hbond substituents is 1. The highest BCUT2D eigenvalue weighted by atomic mass is 32.2. The first-order valence-corrected chi connectivity index (χ1v) is 20.7. The third-order valence-corrected chi connectivity index (χ3v) is 11.6. The molecule has 0 bridgehead atoms. The highest BCUT2D eigenvalue weighted by Crippen LogP contribution is 2.49. The number of azo groups is 2. The second-order valence-electron chi connectivity index (χ2n) is 10.6. The summed E-state index contributed by atoms with van der Waals surface area (Å²) in [6.45, 7) is 0. The minimum Gasteiger partial charge on any atom is -0.505 e. The number of anilines is 2. The Morgan fingerprint density at radius 2 is 1.00 bits per heavy atom. The summed E-state index contributed by atoms with van der Waals surface area (Å²) >= 11 is 0. The van der Waals surface area contributed by atoms with Gasteiger partial charge in [-0.25, -0.2) is 0 Å². The normalized spacial score (nSPS) is 13.5. The van der Waals surface area contributed by atoms with E-state index in [1.807, 2.05) is 0 Å². The molecule has 0 amide bonds. The number of nitrogen functional groups attached to an aromatic ring is 2. The molecule has 0 aliphatic carbocycles. The van der Waals surface area contributed by atoms with E-state index in [1.54, 1.807) is 6.07 Å². The lowest BCUT2D eigenvalue weighted by atomic mass is 10.1. The third-order valence-electron chi connectivity index (χ3n) is 7.15. The van der Waals surface area contributed by atoms with Crippen molar-refractivity contribution < 1.29 is 70.0 Å². The van der Waals surface area contributed by atoms with E-state index in [0.717, 1.165) is 6.07 Å². The van der Waals surface area contributed by atoms with Gasteiger partial charge in [-0.05, 0) is 41.1 Å². The maximum atomic E-state index is 12.4. The Labute approximate surface area is 297 Å². The molecule has 0 radical (unpaired) electrons. The van der Waals surface area contributed by atoms with E-state index < -0.39 is 126 Å². The molecule has 27 heteroatoms. The Hall–Kier alpha value is -5.23. The minimum atomic E-state index is -5.43. The molecule has 0 atom stereocenters. The molecule has 10 N–H and O–H groups in total. The highest BCUT2D eigenvalue weighted by Gasteiger charge is 2.29. The van der Waals surface area contributed by atoms with Crippen LogP contribution in [0.2, 0.25) is 0 Å². The van der Waals surface area contributed by atoms with Crippen molar-refractivity contribution in [2.24, 2.45) is 20.5 Å². The minimum absolute atomic E-state index is 0.0484. The average molecular weight is 833 g/mol. The van der Waals surface area contributed by atoms with Crippen LogP contribution in [-0.4, -0.2) is 70.0 Å². The number of nitrogens with zero attached hydrogens (tertiary/aromatic N) is 4. The van der Waals surface area contributed by atoms with Crippen LogP contribution >= 0.6 is 0 Å². The van der Waals surface area contributed by atoms with Crippen molar-refractivity contribution in [1.29, 1.82) is 0 Å². The van der Waals surface area contributed by atoms with Crippen LogP contribution in [0, 0.1) is 0 Å². The van der Waals surface area contributed by atoms with Gasteiger partial charge in [0.25, 0.3) is 50.6 Å². The van der Waals surface area contributed by atoms with E-state index in [9.17, 15) is 70.0 Å². The van der Waals surface area contributed by atoms with Gasteiger partial charge in [-0.2, -0.15) is 42.1 Å². The predicted molar refractivity (Wildman–Crippen MR) is 182 cm³/mol. The van der Waals surface area contributed by atoms with E-state index in [4.69, 9.17) is 11.5 Å². The zero-order valence-corrected chi connectivity index (χ0v) is 29.6. The Balaban J connectivity index is 1.83. The lowest BCUT2D eigenvalue weighted by Crippen LogP contribution is -2.07. The highest BCUT2D eigenvalue weighted by molar-refractivity contribution is 7.87. The largest absolute Gasteiger partial charge is 0.505 e. The molecule has 5 rings (SSSR count). The first-order chi connectivity index (χ1) is 24.2. The molecule has 0 spiro atoms. The molecule has 22 nitrogen and oxygen atoms in total. The summed E-state index contributed by atoms with van der Waals surface area (Å²) in [6, 6.07) is 9.83. The number of hydrogen-bond acceptors (Lipinski definition) is 17. The van der Waals surface area contributed by atoms with Crippen LogP contribution in [0.25, 0.3) is 21.5 Å². The first-order valence-electron chi connectivity index (χ1n) is 13.5. The zero-order valence-electron chi connectivity index (χ0n) is 25.5. The first kappa shape index (κ1) is 39.0. The standard InChI is InChI=1S/C26H20N6O16S5/c27-14-9-16(18(50(37,38)39)10-17(14)49(34,35)36)30-31-23-19(51(40,41)42)7-12-8-20(52(43,44)45)24(25(33)21(12)22(23)28)32-29-15-6-5-11-3-1-2-4-13(11)26(15)53(46,47)48/h1-10,33H,27-28H2,(H,34,35,36)(H,37,38,39)(H,40,41,42)(H,43,44,45)(H,46,47,48)/b31-30+,32-29+. The van der Waals surface area contributed by atoms with Crippen molar-refractivity contribution in [2.75, 3.05) is 11.5 Å². The summed E-state index contributed by atoms with van der Waals surface area (Å²) < 4.78 is 171. The van der Waals surface area contributed by atoms with Crippen LogP contribution in [0.5, 0.6) is 5.75 Å². The number of fused-ring (bicyclic) bond motifs is 2. The smallest absolute Gasteiger partial charge is 0.297 e. The Bertz CT molecular complexity index is 3060. The number of nitrogens with two attached hydrogens (primary N) is 2. The van der Waals surface area contributed by atoms with Crippen LogP contribution < -0.4 is 11.5 Å². The summed E-state index contributed by atoms with van der Waals surface area (Å²) in [4.78, 5) is -5.85. The van der Waals surface area contributed by atoms with Crippen molar-refractivity contribution in [3.63, 3.8) is 0 Å². The molecule has 53 heavy (non-hydrogen) atoms. The van der Waals surface area contributed by atoms with E-state index in [0.29, 0.717) is 23.6 Å². The summed E-state index contributed by atoms with van der Waals surface area (Å²) in [6.07, 6.45) is 0. The van der Waals surface area contributed by atoms with Crippen molar-refractivity contribution in [1.82, 2.24) is 0 Å². The fourth-order valence-corrected chi connectivity index (χ4v) is 8.46. The van der Waals surface area contributed by atoms with Crippen molar-refractivity contribution >= 4 is 106 Å². The molecular weight excluding hydrogens is 813 g/mol. The summed E-state index contributed by atoms with van der Waals surface area (Å²) in [5.74, 6) is -1.29. The lowest BCUT2D eigenvalue weighted by molar-refractivity contribution is 0.472. The van der Waals surface area contributed by atoms with Crippen LogP contribution in [0.1, 0.15) is 0 Å². The summed E-state index contributed by atoms with van der Waals surface area (Å²) in [7, 11) is -26.4. The molecule has 0 aliphatic rings. The number of aromatic hydroxyl groups is 1. The van der Waals surface area contributed by atoms with E-state index >= 15 is 0 Å². The average Bonchev–Trinajstić information content (AvgIpc) is 3.00. The molecule has 280 valence electrons. The predicted octanol–water partition coefficient (Wildman–Crippen LogP) is 3.93. The quantitative estimate of drug-likeness (QED) is 0.0592. The number of phenols is 1. The monoisotopic (exact) mass is 832 g/mol. The number of benzene rings is 5. The van der Waals surface area contributed by atoms with Gasteiger partial charge in [-0.1, -0.05) is 30.3 Å². The van der Waals surface area contributed by atoms with Crippen molar-refractivity contribution in [3.05, 3.63) is 60.7 Å². The van der Waals surface area contributed by atoms with Crippen LogP contribution in [-0.2, 0) is 50.6 Å². The van der Waals surface area contributed by atoms with Crippen LogP contribution in [0.4, 0.5) is 34.1 Å². The summed E-state index contributed by atoms with van der Waals surface area (Å²) in [5.41, 5.74) is 6.05. The van der Waals surface area contributed by atoms with Gasteiger partial charge >= 0.3 is 0 Å². The molecule has 5 aromatic rings. The molecule has 0 saturated carbocycles. The van der Waals surface area contributed by atoms with E-state index in [1.165, 1.54) is 24.3 Å². The van der Waals surface area contributed by atoms with Gasteiger partial charge in [0.05, 0.1) is 16.8 Å². The van der Waals surface area contributed by atoms with E-state index in [2.05, 4.69) is 20.5 Å². The number of hydrogen-bond donors (Lipinski definition) is 8. The fourth-order valence-electron chi connectivity index (χ4n) is 4.97. The Morgan fingerprint density at radius 1 is 0.491 bits per heavy atom. The number of rotatable bonds is 9. The zero-order chi connectivity index (χ0) is 39.6. The van der Waals surface area contributed by atoms with E-state index in [-0.39, 0.29) is 11.5 Å². The van der Waals surface area contributed by atoms with Crippen LogP contribution in [0.15, 0.2) is 106 Å². The van der Waals surface area contributed by atoms with Gasteiger partial charge in [0.2, 0.25) is 0 Å². The van der Waals surface area contributed by atoms with Gasteiger partial charge in [0.1, 0.15) is 47.2 Å². The molecule has 0 fully saturated rings. The molecule has 5 aromatic carbocycles. The topological polar surface area (TPSA) is 394 Å². The van der Waals surface area contributed by atoms with Gasteiger partial charge in [-0.15, -0.1) is 20.5 Å². The Kier molecular flexibility index (Phi) is 9.57. The molecule has 0 unspecified atom stereocenters. The SMILES string of the molecule is Nc1cc(/N=N/c2c(S(=O)(=O)O)cc3cc(S(=O)(=O)O)c(/N=N/c4ccc5ccccc5c4S(=O)(=O)O)c(O)c3c2N)c(S(=O)(=O)O)cc1S(=O)(=O)O. The molecule has 0 saturated heterocycles. The maximum Gasteiger partial charge on any atom is 0.297 e. The van der Waals surface area contributed by atoms with Gasteiger partial charge < -0.3 is 16.6 Å². The second-order valence-corrected chi connectivity index (χ2v) is 17.5. The fraction of sp³-hybridized carbons (Fsp3) is 0. The van der Waals surface area contributed by atoms with Crippen molar-refractivity contribution in [3.8, 4) is 5.75 Å². The lowest BCUT2D eigenvalue weighted by Gasteiger charge is -2.14. The second kappa shape index (κ2) is 13.0. The third kappa shape index (κ3) is 7.64. The van der Waals surface area contributed by atoms with Gasteiger partial charge in [0.15, 0.2) is 5.75 Å². The van der Waals surface area contributed by atoms with Crippen molar-refractivity contribution in [2.45, 2.75) is 24.5 Å². The molecule has 0 heterocycles. The van der Waals surface area contributed by atoms with Gasteiger partial charge in [-0.3, -0.25) is 22.8 Å². The molecule has 0 aromatic heterocycles. The van der Waals surface area contributed by atoms with Gasteiger partial charge in [0, 0.05) is 5.39 Å². The maximum absolute atomic E-state index is 12.4. The van der Waals surface area contributed by atoms with Crippen LogP contribution in [0.3, 0.4) is 0 Å². The molecular formula is C26H20N6O16S5. The molecule has 0 aliphatic heterocycles. The Morgan fingerprint density at radius 3 is 1.55 bits per heavy atom. The summed E-state index contributed by atoms with van der Waals surface area (Å²) in [5, 5.41) is 24.4.